The topological polar surface area (TPSA) is 90.9 Å². The molecule has 0 aliphatic carbocycles. The Morgan fingerprint density at radius 1 is 0.781 bits per heavy atom. The van der Waals surface area contributed by atoms with E-state index in [-0.39, 0.29) is 22.4 Å². The van der Waals surface area contributed by atoms with Crippen molar-refractivity contribution in [3.8, 4) is 11.5 Å². The van der Waals surface area contributed by atoms with Crippen molar-refractivity contribution >= 4 is 23.5 Å². The number of hydrogen-bond donors (Lipinski definition) is 1. The van der Waals surface area contributed by atoms with E-state index in [9.17, 15) is 14.4 Å². The van der Waals surface area contributed by atoms with E-state index in [1.807, 2.05) is 25.1 Å². The van der Waals surface area contributed by atoms with Gasteiger partial charge < -0.3 is 19.5 Å². The molecule has 3 aromatic carbocycles. The third kappa shape index (κ3) is 4.95. The molecule has 3 rings (SSSR count). The zero-order chi connectivity index (χ0) is 23.1. The first-order valence-electron chi connectivity index (χ1n) is 9.95. The normalized spacial score (nSPS) is 10.2. The van der Waals surface area contributed by atoms with E-state index in [0.29, 0.717) is 11.4 Å². The van der Waals surface area contributed by atoms with Crippen LogP contribution in [0.2, 0.25) is 0 Å². The molecule has 0 saturated heterocycles. The number of esters is 2. The van der Waals surface area contributed by atoms with Crippen LogP contribution in [0.25, 0.3) is 0 Å². The van der Waals surface area contributed by atoms with Gasteiger partial charge in [0.2, 0.25) is 0 Å². The molecule has 164 valence electrons. The predicted octanol–water partition coefficient (Wildman–Crippen LogP) is 4.52. The summed E-state index contributed by atoms with van der Waals surface area (Å²) in [6.07, 6.45) is 0.733. The van der Waals surface area contributed by atoms with Crippen molar-refractivity contribution in [3.63, 3.8) is 0 Å². The van der Waals surface area contributed by atoms with Gasteiger partial charge in [0, 0.05) is 5.69 Å². The molecule has 1 amide bonds. The van der Waals surface area contributed by atoms with Crippen molar-refractivity contribution in [2.75, 3.05) is 19.5 Å². The van der Waals surface area contributed by atoms with Gasteiger partial charge >= 0.3 is 11.9 Å². The number of carbonyl (C=O) groups excluding carboxylic acids is 3. The van der Waals surface area contributed by atoms with E-state index in [2.05, 4.69) is 5.32 Å². The van der Waals surface area contributed by atoms with Crippen molar-refractivity contribution in [2.24, 2.45) is 0 Å². The second-order valence-corrected chi connectivity index (χ2v) is 6.75. The van der Waals surface area contributed by atoms with E-state index in [1.165, 1.54) is 38.5 Å². The highest BCUT2D eigenvalue weighted by molar-refractivity contribution is 6.13. The van der Waals surface area contributed by atoms with Crippen LogP contribution in [0.5, 0.6) is 11.5 Å². The fraction of sp³-hybridized carbons (Fsp3) is 0.160. The second-order valence-electron chi connectivity index (χ2n) is 6.75. The molecule has 0 aromatic heterocycles. The summed E-state index contributed by atoms with van der Waals surface area (Å²) in [6, 6.07) is 18.1. The summed E-state index contributed by atoms with van der Waals surface area (Å²) in [5.74, 6) is -1.72. The Bertz CT molecular complexity index is 1150. The molecule has 32 heavy (non-hydrogen) atoms. The summed E-state index contributed by atoms with van der Waals surface area (Å²) in [7, 11) is 2.85. The molecule has 0 heterocycles. The average molecular weight is 433 g/mol. The minimum Gasteiger partial charge on any atom is -0.497 e. The van der Waals surface area contributed by atoms with Crippen LogP contribution in [0, 0.1) is 0 Å². The molecule has 0 fully saturated rings. The lowest BCUT2D eigenvalue weighted by Gasteiger charge is -2.13. The minimum atomic E-state index is -0.950. The smallest absolute Gasteiger partial charge is 0.349 e. The van der Waals surface area contributed by atoms with Gasteiger partial charge in [-0.2, -0.15) is 0 Å². The first kappa shape index (κ1) is 22.6. The van der Waals surface area contributed by atoms with Gasteiger partial charge in [-0.3, -0.25) is 4.79 Å². The maximum Gasteiger partial charge on any atom is 0.349 e. The second kappa shape index (κ2) is 10.3. The molecule has 0 spiro atoms. The molecule has 0 aliphatic heterocycles. The molecule has 0 atom stereocenters. The fourth-order valence-corrected chi connectivity index (χ4v) is 3.17. The minimum absolute atomic E-state index is 0.0269. The number of carbonyl (C=O) groups is 3. The van der Waals surface area contributed by atoms with E-state index in [4.69, 9.17) is 14.2 Å². The lowest BCUT2D eigenvalue weighted by molar-refractivity contribution is 0.0393. The summed E-state index contributed by atoms with van der Waals surface area (Å²) in [5.41, 5.74) is 1.70. The number of benzene rings is 3. The largest absolute Gasteiger partial charge is 0.497 e. The first-order valence-corrected chi connectivity index (χ1v) is 9.95. The molecule has 7 nitrogen and oxygen atoms in total. The monoisotopic (exact) mass is 433 g/mol. The Morgan fingerprint density at radius 2 is 1.44 bits per heavy atom. The standard InChI is InChI=1S/C25H23NO6/c1-4-16-9-5-8-12-21(16)26-23(27)18-10-6-7-11-19(18)24(28)32-25(29)20-15-17(30-2)13-14-22(20)31-3/h5-15H,4H2,1-3H3,(H,26,27). The highest BCUT2D eigenvalue weighted by Gasteiger charge is 2.23. The van der Waals surface area contributed by atoms with Crippen LogP contribution in [0.15, 0.2) is 66.7 Å². The first-order chi connectivity index (χ1) is 15.5. The van der Waals surface area contributed by atoms with Gasteiger partial charge in [0.15, 0.2) is 0 Å². The lowest BCUT2D eigenvalue weighted by atomic mass is 10.1. The Balaban J connectivity index is 1.84. The summed E-state index contributed by atoms with van der Waals surface area (Å²) in [4.78, 5) is 38.3. The van der Waals surface area contributed by atoms with Gasteiger partial charge in [0.25, 0.3) is 5.91 Å². The fourth-order valence-electron chi connectivity index (χ4n) is 3.17. The number of hydrogen-bond acceptors (Lipinski definition) is 6. The van der Waals surface area contributed by atoms with E-state index < -0.39 is 17.8 Å². The Kier molecular flexibility index (Phi) is 7.23. The maximum absolute atomic E-state index is 12.9. The molecule has 1 N–H and O–H groups in total. The summed E-state index contributed by atoms with van der Waals surface area (Å²) >= 11 is 0. The molecular formula is C25H23NO6. The number of anilines is 1. The van der Waals surface area contributed by atoms with Crippen molar-refractivity contribution in [1.29, 1.82) is 0 Å². The zero-order valence-electron chi connectivity index (χ0n) is 18.0. The van der Waals surface area contributed by atoms with Crippen LogP contribution < -0.4 is 14.8 Å². The highest BCUT2D eigenvalue weighted by Crippen LogP contribution is 2.25. The number of aryl methyl sites for hydroxylation is 1. The summed E-state index contributed by atoms with van der Waals surface area (Å²) in [5, 5.41) is 2.82. The Labute approximate surface area is 185 Å². The van der Waals surface area contributed by atoms with Crippen molar-refractivity contribution in [2.45, 2.75) is 13.3 Å². The molecule has 3 aromatic rings. The third-order valence-corrected chi connectivity index (χ3v) is 4.85. The molecule has 0 radical (unpaired) electrons. The Morgan fingerprint density at radius 3 is 2.12 bits per heavy atom. The SMILES string of the molecule is CCc1ccccc1NC(=O)c1ccccc1C(=O)OC(=O)c1cc(OC)ccc1OC. The van der Waals surface area contributed by atoms with Gasteiger partial charge in [0.1, 0.15) is 17.1 Å². The van der Waals surface area contributed by atoms with Crippen LogP contribution >= 0.6 is 0 Å². The van der Waals surface area contributed by atoms with Crippen LogP contribution in [-0.4, -0.2) is 32.1 Å². The van der Waals surface area contributed by atoms with Gasteiger partial charge in [-0.25, -0.2) is 9.59 Å². The number of ether oxygens (including phenoxy) is 3. The molecular weight excluding hydrogens is 410 g/mol. The summed E-state index contributed by atoms with van der Waals surface area (Å²) < 4.78 is 15.3. The van der Waals surface area contributed by atoms with Gasteiger partial charge in [-0.15, -0.1) is 0 Å². The lowest BCUT2D eigenvalue weighted by Crippen LogP contribution is -2.20. The quantitative estimate of drug-likeness (QED) is 0.435. The van der Waals surface area contributed by atoms with Crippen molar-refractivity contribution in [1.82, 2.24) is 0 Å². The van der Waals surface area contributed by atoms with E-state index >= 15 is 0 Å². The van der Waals surface area contributed by atoms with E-state index in [0.717, 1.165) is 12.0 Å². The van der Waals surface area contributed by atoms with Crippen LogP contribution in [0.1, 0.15) is 43.6 Å². The maximum atomic E-state index is 12.9. The highest BCUT2D eigenvalue weighted by atomic mass is 16.6. The van der Waals surface area contributed by atoms with Crippen LogP contribution in [0.4, 0.5) is 5.69 Å². The van der Waals surface area contributed by atoms with Crippen molar-refractivity contribution in [3.05, 3.63) is 89.0 Å². The Hall–Kier alpha value is -4.13. The molecule has 7 heteroatoms. The number of para-hydroxylation sites is 1. The third-order valence-electron chi connectivity index (χ3n) is 4.85. The van der Waals surface area contributed by atoms with Gasteiger partial charge in [-0.1, -0.05) is 37.3 Å². The van der Waals surface area contributed by atoms with Crippen LogP contribution in [-0.2, 0) is 11.2 Å². The number of amides is 1. The molecule has 0 aliphatic rings. The van der Waals surface area contributed by atoms with E-state index in [1.54, 1.807) is 24.3 Å². The van der Waals surface area contributed by atoms with Gasteiger partial charge in [0.05, 0.1) is 25.3 Å². The number of nitrogens with one attached hydrogen (secondary N) is 1. The van der Waals surface area contributed by atoms with Crippen LogP contribution in [0.3, 0.4) is 0 Å². The molecule has 0 bridgehead atoms. The average Bonchev–Trinajstić information content (AvgIpc) is 2.83. The number of rotatable bonds is 7. The van der Waals surface area contributed by atoms with Gasteiger partial charge in [-0.05, 0) is 48.4 Å². The zero-order valence-corrected chi connectivity index (χ0v) is 18.0. The number of methoxy groups -OCH3 is 2. The molecule has 0 saturated carbocycles. The predicted molar refractivity (Wildman–Crippen MR) is 120 cm³/mol. The van der Waals surface area contributed by atoms with Crippen molar-refractivity contribution < 1.29 is 28.6 Å². The summed E-state index contributed by atoms with van der Waals surface area (Å²) in [6.45, 7) is 1.98. The molecule has 0 unspecified atom stereocenters.